The van der Waals surface area contributed by atoms with Crippen LogP contribution in [-0.2, 0) is 16.1 Å². The first kappa shape index (κ1) is 20.2. The van der Waals surface area contributed by atoms with Crippen LogP contribution in [0.15, 0.2) is 24.4 Å². The number of nitrogens with zero attached hydrogens (tertiary/aromatic N) is 3. The lowest BCUT2D eigenvalue weighted by Crippen LogP contribution is -2.56. The van der Waals surface area contributed by atoms with Gasteiger partial charge in [0.05, 0.1) is 17.9 Å². The third kappa shape index (κ3) is 5.99. The van der Waals surface area contributed by atoms with Gasteiger partial charge in [-0.3, -0.25) is 14.7 Å². The molecule has 6 nitrogen and oxygen atoms in total. The second kappa shape index (κ2) is 10.2. The monoisotopic (exact) mass is 375 g/mol. The van der Waals surface area contributed by atoms with Crippen LogP contribution in [0.2, 0.25) is 0 Å². The predicted molar refractivity (Wildman–Crippen MR) is 105 cm³/mol. The molecule has 1 aromatic rings. The Hall–Kier alpha value is -1.50. The molecular weight excluding hydrogens is 342 g/mol. The fraction of sp³-hybridized carbons (Fsp3) is 0.714. The number of carbonyl (C=O) groups is 1. The standard InChI is InChI=1S/C20H31N3O.CH2O2/c1-2-6-18(5-1)15-22-11-8-20(9-12-22)17-23(13-14-24-20)16-19-7-3-4-10-21-19;2-1-3/h3-4,7,10,18H,1-2,5-6,8-9,11-17H2;1H,(H,2,3). The summed E-state index contributed by atoms with van der Waals surface area (Å²) in [5, 5.41) is 6.89. The number of carboxylic acid groups (broad SMARTS) is 1. The minimum absolute atomic E-state index is 0.0964. The van der Waals surface area contributed by atoms with Crippen LogP contribution in [0.5, 0.6) is 0 Å². The van der Waals surface area contributed by atoms with E-state index in [0.29, 0.717) is 0 Å². The molecule has 2 aliphatic heterocycles. The molecule has 0 unspecified atom stereocenters. The summed E-state index contributed by atoms with van der Waals surface area (Å²) in [4.78, 5) is 18.1. The van der Waals surface area contributed by atoms with E-state index in [-0.39, 0.29) is 12.1 Å². The van der Waals surface area contributed by atoms with Gasteiger partial charge < -0.3 is 14.7 Å². The van der Waals surface area contributed by atoms with Gasteiger partial charge in [0, 0.05) is 45.5 Å². The summed E-state index contributed by atoms with van der Waals surface area (Å²) in [6, 6.07) is 6.21. The lowest BCUT2D eigenvalue weighted by atomic mass is 9.88. The van der Waals surface area contributed by atoms with E-state index in [4.69, 9.17) is 14.6 Å². The maximum atomic E-state index is 8.36. The summed E-state index contributed by atoms with van der Waals surface area (Å²) in [6.45, 7) is 7.44. The maximum absolute atomic E-state index is 8.36. The topological polar surface area (TPSA) is 65.9 Å². The average Bonchev–Trinajstić information content (AvgIpc) is 3.19. The van der Waals surface area contributed by atoms with Gasteiger partial charge in [0.1, 0.15) is 0 Å². The van der Waals surface area contributed by atoms with Crippen molar-refractivity contribution in [2.75, 3.05) is 39.3 Å². The molecule has 1 aromatic heterocycles. The van der Waals surface area contributed by atoms with Crippen LogP contribution in [0.25, 0.3) is 0 Å². The van der Waals surface area contributed by atoms with Crippen molar-refractivity contribution < 1.29 is 14.6 Å². The average molecular weight is 376 g/mol. The Bertz CT molecular complexity index is 555. The third-order valence-corrected chi connectivity index (χ3v) is 6.20. The summed E-state index contributed by atoms with van der Waals surface area (Å²) >= 11 is 0. The van der Waals surface area contributed by atoms with Crippen LogP contribution in [0, 0.1) is 5.92 Å². The maximum Gasteiger partial charge on any atom is 0.290 e. The summed E-state index contributed by atoms with van der Waals surface area (Å²) in [5.41, 5.74) is 1.27. The molecule has 0 radical (unpaired) electrons. The lowest BCUT2D eigenvalue weighted by molar-refractivity contribution is -0.138. The molecule has 3 fully saturated rings. The van der Waals surface area contributed by atoms with Crippen molar-refractivity contribution in [2.24, 2.45) is 5.92 Å². The molecule has 150 valence electrons. The van der Waals surface area contributed by atoms with Gasteiger partial charge in [-0.2, -0.15) is 0 Å². The highest BCUT2D eigenvalue weighted by Crippen LogP contribution is 2.32. The van der Waals surface area contributed by atoms with E-state index in [0.717, 1.165) is 32.2 Å². The van der Waals surface area contributed by atoms with Crippen molar-refractivity contribution >= 4 is 6.47 Å². The van der Waals surface area contributed by atoms with E-state index >= 15 is 0 Å². The molecule has 27 heavy (non-hydrogen) atoms. The molecule has 1 N–H and O–H groups in total. The number of aromatic nitrogens is 1. The Morgan fingerprint density at radius 2 is 1.93 bits per heavy atom. The number of rotatable bonds is 4. The Labute approximate surface area is 162 Å². The first-order valence-electron chi connectivity index (χ1n) is 10.3. The van der Waals surface area contributed by atoms with Crippen LogP contribution in [0.1, 0.15) is 44.2 Å². The number of piperidine rings is 1. The van der Waals surface area contributed by atoms with Crippen LogP contribution < -0.4 is 0 Å². The van der Waals surface area contributed by atoms with Gasteiger partial charge in [0.25, 0.3) is 6.47 Å². The van der Waals surface area contributed by atoms with Gasteiger partial charge in [-0.15, -0.1) is 0 Å². The van der Waals surface area contributed by atoms with Gasteiger partial charge in [-0.25, -0.2) is 0 Å². The number of ether oxygens (including phenoxy) is 1. The largest absolute Gasteiger partial charge is 0.483 e. The Morgan fingerprint density at radius 1 is 1.19 bits per heavy atom. The van der Waals surface area contributed by atoms with E-state index < -0.39 is 0 Å². The lowest BCUT2D eigenvalue weighted by Gasteiger charge is -2.47. The van der Waals surface area contributed by atoms with Gasteiger partial charge in [-0.05, 0) is 43.7 Å². The Morgan fingerprint density at radius 3 is 2.59 bits per heavy atom. The van der Waals surface area contributed by atoms with E-state index in [1.165, 1.54) is 63.9 Å². The highest BCUT2D eigenvalue weighted by Gasteiger charge is 2.40. The molecule has 6 heteroatoms. The van der Waals surface area contributed by atoms with Crippen LogP contribution in [0.4, 0.5) is 0 Å². The molecule has 0 aromatic carbocycles. The van der Waals surface area contributed by atoms with Crippen molar-refractivity contribution in [3.05, 3.63) is 30.1 Å². The van der Waals surface area contributed by atoms with Crippen LogP contribution >= 0.6 is 0 Å². The zero-order valence-corrected chi connectivity index (χ0v) is 16.3. The molecule has 2 saturated heterocycles. The molecule has 1 aliphatic carbocycles. The van der Waals surface area contributed by atoms with Crippen molar-refractivity contribution in [1.82, 2.24) is 14.8 Å². The SMILES string of the molecule is O=CO.c1ccc(CN2CCOC3(CCN(CC4CCCC4)CC3)C2)nc1. The second-order valence-corrected chi connectivity index (χ2v) is 8.12. The van der Waals surface area contributed by atoms with Crippen LogP contribution in [-0.4, -0.2) is 71.3 Å². The number of hydrogen-bond donors (Lipinski definition) is 1. The second-order valence-electron chi connectivity index (χ2n) is 8.12. The number of pyridine rings is 1. The third-order valence-electron chi connectivity index (χ3n) is 6.20. The van der Waals surface area contributed by atoms with E-state index in [1.807, 2.05) is 12.3 Å². The minimum atomic E-state index is -0.250. The van der Waals surface area contributed by atoms with E-state index in [1.54, 1.807) is 0 Å². The van der Waals surface area contributed by atoms with E-state index in [9.17, 15) is 0 Å². The summed E-state index contributed by atoms with van der Waals surface area (Å²) in [6.07, 6.45) is 10.1. The molecule has 1 spiro atoms. The van der Waals surface area contributed by atoms with Crippen molar-refractivity contribution in [1.29, 1.82) is 0 Å². The van der Waals surface area contributed by atoms with Crippen molar-refractivity contribution in [2.45, 2.75) is 50.7 Å². The molecule has 0 bridgehead atoms. The van der Waals surface area contributed by atoms with Gasteiger partial charge in [0.15, 0.2) is 0 Å². The highest BCUT2D eigenvalue weighted by atomic mass is 16.5. The quantitative estimate of drug-likeness (QED) is 0.816. The van der Waals surface area contributed by atoms with Crippen molar-refractivity contribution in [3.63, 3.8) is 0 Å². The molecule has 4 rings (SSSR count). The van der Waals surface area contributed by atoms with Gasteiger partial charge >= 0.3 is 0 Å². The summed E-state index contributed by atoms with van der Waals surface area (Å²) < 4.78 is 6.30. The Kier molecular flexibility index (Phi) is 7.61. The van der Waals surface area contributed by atoms with Crippen molar-refractivity contribution in [3.8, 4) is 0 Å². The Balaban J connectivity index is 0.000000659. The number of likely N-dealkylation sites (tertiary alicyclic amines) is 1. The fourth-order valence-corrected chi connectivity index (χ4v) is 4.78. The molecule has 1 saturated carbocycles. The first-order valence-corrected chi connectivity index (χ1v) is 10.3. The van der Waals surface area contributed by atoms with Gasteiger partial charge in [0.2, 0.25) is 0 Å². The highest BCUT2D eigenvalue weighted by molar-refractivity contribution is 5.32. The molecule has 3 aliphatic rings. The molecule has 0 atom stereocenters. The number of morpholine rings is 1. The predicted octanol–water partition coefficient (Wildman–Crippen LogP) is 2.64. The van der Waals surface area contributed by atoms with E-state index in [2.05, 4.69) is 26.9 Å². The summed E-state index contributed by atoms with van der Waals surface area (Å²) in [7, 11) is 0. The zero-order chi connectivity index (χ0) is 19.0. The smallest absolute Gasteiger partial charge is 0.290 e. The van der Waals surface area contributed by atoms with Gasteiger partial charge in [-0.1, -0.05) is 18.9 Å². The van der Waals surface area contributed by atoms with Crippen LogP contribution in [0.3, 0.4) is 0 Å². The minimum Gasteiger partial charge on any atom is -0.483 e. The summed E-state index contributed by atoms with van der Waals surface area (Å²) in [5.74, 6) is 0.965. The fourth-order valence-electron chi connectivity index (χ4n) is 4.78. The molecule has 0 amide bonds. The molecular formula is C21H33N3O3. The first-order chi connectivity index (χ1) is 13.2. The zero-order valence-electron chi connectivity index (χ0n) is 16.3. The number of hydrogen-bond acceptors (Lipinski definition) is 5. The normalized spacial score (nSPS) is 23.7. The molecule has 3 heterocycles.